The molecule has 0 aliphatic rings. The molecule has 15 heavy (non-hydrogen) atoms. The van der Waals surface area contributed by atoms with Crippen LogP contribution in [0.3, 0.4) is 0 Å². The molecule has 1 unspecified atom stereocenters. The van der Waals surface area contributed by atoms with Crippen LogP contribution in [0.25, 0.3) is 0 Å². The van der Waals surface area contributed by atoms with Gasteiger partial charge in [-0.25, -0.2) is 0 Å². The zero-order valence-corrected chi connectivity index (χ0v) is 8.83. The van der Waals surface area contributed by atoms with Crippen molar-refractivity contribution in [3.8, 4) is 17.9 Å². The van der Waals surface area contributed by atoms with Gasteiger partial charge in [-0.05, 0) is 12.5 Å². The molecule has 0 aromatic heterocycles. The van der Waals surface area contributed by atoms with Crippen molar-refractivity contribution >= 4 is 0 Å². The van der Waals surface area contributed by atoms with E-state index in [1.807, 2.05) is 37.3 Å². The second kappa shape index (κ2) is 6.65. The molecule has 0 spiro atoms. The first-order valence-electron chi connectivity index (χ1n) is 4.93. The number of nitrogens with one attached hydrogen (secondary N) is 1. The maximum Gasteiger partial charge on any atom is 0.0641 e. The summed E-state index contributed by atoms with van der Waals surface area (Å²) in [4.78, 5) is 0. The third-order valence-electron chi connectivity index (χ3n) is 2.11. The second-order valence-corrected chi connectivity index (χ2v) is 3.13. The summed E-state index contributed by atoms with van der Waals surface area (Å²) in [6.45, 7) is 2.43. The highest BCUT2D eigenvalue weighted by molar-refractivity contribution is 5.20. The second-order valence-electron chi connectivity index (χ2n) is 3.13. The van der Waals surface area contributed by atoms with Gasteiger partial charge in [-0.1, -0.05) is 36.3 Å². The van der Waals surface area contributed by atoms with Gasteiger partial charge >= 0.3 is 0 Å². The number of nitrogens with zero attached hydrogens (tertiary/aromatic N) is 1. The summed E-state index contributed by atoms with van der Waals surface area (Å²) in [5.41, 5.74) is 1.14. The number of hydrogen-bond acceptors (Lipinski definition) is 2. The van der Waals surface area contributed by atoms with Crippen LogP contribution in [-0.2, 0) is 0 Å². The number of rotatable bonds is 4. The van der Waals surface area contributed by atoms with E-state index in [0.717, 1.165) is 5.56 Å². The highest BCUT2D eigenvalue weighted by Gasteiger charge is 2.08. The van der Waals surface area contributed by atoms with Crippen LogP contribution in [0.4, 0.5) is 0 Å². The summed E-state index contributed by atoms with van der Waals surface area (Å²) in [5.74, 6) is 5.76. The van der Waals surface area contributed by atoms with Crippen LogP contribution in [-0.4, -0.2) is 6.54 Å². The minimum Gasteiger partial charge on any atom is -0.298 e. The molecule has 0 bridgehead atoms. The summed E-state index contributed by atoms with van der Waals surface area (Å²) in [6.07, 6.45) is 0.468. The number of benzene rings is 1. The molecular weight excluding hydrogens is 184 g/mol. The van der Waals surface area contributed by atoms with Crippen LogP contribution in [0.15, 0.2) is 30.3 Å². The lowest BCUT2D eigenvalue weighted by atomic mass is 10.0. The minimum atomic E-state index is 0.0806. The quantitative estimate of drug-likeness (QED) is 0.753. The Hall–Kier alpha value is -1.77. The predicted molar refractivity (Wildman–Crippen MR) is 60.9 cm³/mol. The van der Waals surface area contributed by atoms with Gasteiger partial charge in [-0.2, -0.15) is 5.26 Å². The Balaban J connectivity index is 2.65. The number of nitriles is 1. The lowest BCUT2D eigenvalue weighted by Crippen LogP contribution is -2.21. The maximum absolute atomic E-state index is 8.73. The Kier molecular flexibility index (Phi) is 5.01. The van der Waals surface area contributed by atoms with Gasteiger partial charge in [0, 0.05) is 6.04 Å². The van der Waals surface area contributed by atoms with Gasteiger partial charge < -0.3 is 0 Å². The minimum absolute atomic E-state index is 0.0806. The Morgan fingerprint density at radius 1 is 1.33 bits per heavy atom. The first-order chi connectivity index (χ1) is 7.38. The van der Waals surface area contributed by atoms with E-state index in [-0.39, 0.29) is 6.04 Å². The first-order valence-corrected chi connectivity index (χ1v) is 4.93. The summed E-state index contributed by atoms with van der Waals surface area (Å²) in [7, 11) is 0. The SMILES string of the molecule is CC#CCNC(CC#N)c1ccccc1. The zero-order chi connectivity index (χ0) is 10.9. The average molecular weight is 198 g/mol. The largest absolute Gasteiger partial charge is 0.298 e. The van der Waals surface area contributed by atoms with E-state index < -0.39 is 0 Å². The molecular formula is C13H14N2. The molecule has 1 aromatic carbocycles. The van der Waals surface area contributed by atoms with E-state index in [2.05, 4.69) is 23.2 Å². The van der Waals surface area contributed by atoms with Crippen molar-refractivity contribution in [2.45, 2.75) is 19.4 Å². The molecule has 0 saturated carbocycles. The van der Waals surface area contributed by atoms with Crippen molar-refractivity contribution in [2.24, 2.45) is 0 Å². The van der Waals surface area contributed by atoms with Crippen molar-refractivity contribution in [1.82, 2.24) is 5.32 Å². The molecule has 0 radical (unpaired) electrons. The Morgan fingerprint density at radius 3 is 2.67 bits per heavy atom. The van der Waals surface area contributed by atoms with Crippen LogP contribution in [0.5, 0.6) is 0 Å². The fourth-order valence-corrected chi connectivity index (χ4v) is 1.35. The zero-order valence-electron chi connectivity index (χ0n) is 8.83. The van der Waals surface area contributed by atoms with Crippen molar-refractivity contribution in [3.63, 3.8) is 0 Å². The third kappa shape index (κ3) is 3.85. The Morgan fingerprint density at radius 2 is 2.07 bits per heavy atom. The monoisotopic (exact) mass is 198 g/mol. The topological polar surface area (TPSA) is 35.8 Å². The molecule has 0 aliphatic carbocycles. The molecule has 2 heteroatoms. The van der Waals surface area contributed by atoms with E-state index in [1.54, 1.807) is 0 Å². The van der Waals surface area contributed by atoms with Gasteiger partial charge in [-0.15, -0.1) is 5.92 Å². The molecule has 1 aromatic rings. The highest BCUT2D eigenvalue weighted by atomic mass is 14.9. The van der Waals surface area contributed by atoms with Crippen LogP contribution in [0.2, 0.25) is 0 Å². The molecule has 0 amide bonds. The fraction of sp³-hybridized carbons (Fsp3) is 0.308. The van der Waals surface area contributed by atoms with E-state index in [0.29, 0.717) is 13.0 Å². The van der Waals surface area contributed by atoms with Gasteiger partial charge in [0.25, 0.3) is 0 Å². The standard InChI is InChI=1S/C13H14N2/c1-2-3-11-15-13(9-10-14)12-7-5-4-6-8-12/h4-8,13,15H,9,11H2,1H3. The molecule has 2 nitrogen and oxygen atoms in total. The van der Waals surface area contributed by atoms with E-state index in [9.17, 15) is 0 Å². The number of hydrogen-bond donors (Lipinski definition) is 1. The Labute approximate surface area is 90.9 Å². The molecule has 0 saturated heterocycles. The van der Waals surface area contributed by atoms with E-state index in [1.165, 1.54) is 0 Å². The third-order valence-corrected chi connectivity index (χ3v) is 2.11. The molecule has 76 valence electrons. The molecule has 1 rings (SSSR count). The normalized spacial score (nSPS) is 10.9. The van der Waals surface area contributed by atoms with Gasteiger partial charge in [-0.3, -0.25) is 5.32 Å². The molecule has 1 atom stereocenters. The summed E-state index contributed by atoms with van der Waals surface area (Å²) in [6, 6.07) is 12.2. The predicted octanol–water partition coefficient (Wildman–Crippen LogP) is 2.25. The van der Waals surface area contributed by atoms with Crippen LogP contribution < -0.4 is 5.32 Å². The molecule has 0 heterocycles. The molecule has 1 N–H and O–H groups in total. The van der Waals surface area contributed by atoms with E-state index in [4.69, 9.17) is 5.26 Å². The van der Waals surface area contributed by atoms with Gasteiger partial charge in [0.2, 0.25) is 0 Å². The summed E-state index contributed by atoms with van der Waals surface area (Å²) >= 11 is 0. The van der Waals surface area contributed by atoms with Crippen molar-refractivity contribution in [3.05, 3.63) is 35.9 Å². The Bertz CT molecular complexity index is 378. The van der Waals surface area contributed by atoms with Crippen molar-refractivity contribution in [2.75, 3.05) is 6.54 Å². The molecule has 0 fully saturated rings. The molecule has 0 aliphatic heterocycles. The van der Waals surface area contributed by atoms with Gasteiger partial charge in [0.05, 0.1) is 19.0 Å². The van der Waals surface area contributed by atoms with E-state index >= 15 is 0 Å². The van der Waals surface area contributed by atoms with Crippen LogP contribution in [0, 0.1) is 23.2 Å². The summed E-state index contributed by atoms with van der Waals surface area (Å²) < 4.78 is 0. The van der Waals surface area contributed by atoms with Gasteiger partial charge in [0.1, 0.15) is 0 Å². The average Bonchev–Trinajstić information content (AvgIpc) is 2.29. The smallest absolute Gasteiger partial charge is 0.0641 e. The van der Waals surface area contributed by atoms with Crippen molar-refractivity contribution in [1.29, 1.82) is 5.26 Å². The van der Waals surface area contributed by atoms with Crippen LogP contribution in [0.1, 0.15) is 24.9 Å². The van der Waals surface area contributed by atoms with Crippen LogP contribution >= 0.6 is 0 Å². The lowest BCUT2D eigenvalue weighted by molar-refractivity contribution is 0.584. The fourth-order valence-electron chi connectivity index (χ4n) is 1.35. The van der Waals surface area contributed by atoms with Crippen molar-refractivity contribution < 1.29 is 0 Å². The maximum atomic E-state index is 8.73. The highest BCUT2D eigenvalue weighted by Crippen LogP contribution is 2.14. The first kappa shape index (κ1) is 11.3. The lowest BCUT2D eigenvalue weighted by Gasteiger charge is -2.14. The summed E-state index contributed by atoms with van der Waals surface area (Å²) in [5, 5.41) is 12.0. The van der Waals surface area contributed by atoms with Gasteiger partial charge in [0.15, 0.2) is 0 Å².